The van der Waals surface area contributed by atoms with Gasteiger partial charge in [-0.1, -0.05) is 18.5 Å². The Labute approximate surface area is 95.2 Å². The van der Waals surface area contributed by atoms with Gasteiger partial charge in [-0.15, -0.1) is 0 Å². The van der Waals surface area contributed by atoms with E-state index in [2.05, 4.69) is 0 Å². The molecular weight excluding hydrogens is 234 g/mol. The minimum Gasteiger partial charge on any atom is -0.398 e. The summed E-state index contributed by atoms with van der Waals surface area (Å²) >= 11 is 5.75. The first-order valence-electron chi connectivity index (χ1n) is 4.68. The van der Waals surface area contributed by atoms with Crippen molar-refractivity contribution in [1.29, 1.82) is 0 Å². The second-order valence-corrected chi connectivity index (χ2v) is 6.22. The lowest BCUT2D eigenvalue weighted by molar-refractivity contribution is 0.581. The van der Waals surface area contributed by atoms with Crippen LogP contribution in [0.15, 0.2) is 23.1 Å². The van der Waals surface area contributed by atoms with Gasteiger partial charge in [-0.2, -0.15) is 0 Å². The Morgan fingerprint density at radius 1 is 1.47 bits per heavy atom. The predicted molar refractivity (Wildman–Crippen MR) is 62.8 cm³/mol. The molecule has 0 heterocycles. The molecule has 0 fully saturated rings. The molecule has 0 spiro atoms. The molecule has 84 valence electrons. The summed E-state index contributed by atoms with van der Waals surface area (Å²) in [7, 11) is -3.35. The van der Waals surface area contributed by atoms with Gasteiger partial charge < -0.3 is 5.73 Å². The molecule has 1 unspecified atom stereocenters. The molecule has 0 radical (unpaired) electrons. The first-order valence-corrected chi connectivity index (χ1v) is 6.61. The number of rotatable bonds is 3. The fourth-order valence-electron chi connectivity index (χ4n) is 1.19. The fraction of sp³-hybridized carbons (Fsp3) is 0.400. The number of nitrogens with two attached hydrogens (primary N) is 1. The predicted octanol–water partition coefficient (Wildman–Crippen LogP) is 2.49. The fourth-order valence-corrected chi connectivity index (χ4v) is 2.99. The molecule has 15 heavy (non-hydrogen) atoms. The number of hydrogen-bond acceptors (Lipinski definition) is 3. The van der Waals surface area contributed by atoms with E-state index in [9.17, 15) is 8.42 Å². The molecule has 1 aromatic carbocycles. The molecule has 1 atom stereocenters. The first-order chi connectivity index (χ1) is 6.89. The van der Waals surface area contributed by atoms with Crippen LogP contribution >= 0.6 is 11.6 Å². The van der Waals surface area contributed by atoms with Gasteiger partial charge in [-0.3, -0.25) is 0 Å². The lowest BCUT2D eigenvalue weighted by Crippen LogP contribution is -2.18. The normalized spacial score (nSPS) is 13.8. The molecule has 0 aliphatic rings. The highest BCUT2D eigenvalue weighted by Crippen LogP contribution is 2.26. The van der Waals surface area contributed by atoms with Crippen molar-refractivity contribution in [3.63, 3.8) is 0 Å². The van der Waals surface area contributed by atoms with Crippen LogP contribution in [0.25, 0.3) is 0 Å². The molecule has 0 saturated heterocycles. The van der Waals surface area contributed by atoms with E-state index in [1.54, 1.807) is 13.0 Å². The number of benzene rings is 1. The van der Waals surface area contributed by atoms with Crippen LogP contribution in [-0.2, 0) is 9.84 Å². The number of nitrogen functional groups attached to an aromatic ring is 1. The second-order valence-electron chi connectivity index (χ2n) is 3.45. The van der Waals surface area contributed by atoms with Crippen LogP contribution in [0.3, 0.4) is 0 Å². The van der Waals surface area contributed by atoms with E-state index < -0.39 is 15.1 Å². The molecule has 3 nitrogen and oxygen atoms in total. The Bertz CT molecular complexity index is 456. The largest absolute Gasteiger partial charge is 0.398 e. The minimum absolute atomic E-state index is 0.129. The van der Waals surface area contributed by atoms with Crippen molar-refractivity contribution in [2.75, 3.05) is 5.73 Å². The van der Waals surface area contributed by atoms with E-state index in [4.69, 9.17) is 17.3 Å². The van der Waals surface area contributed by atoms with Gasteiger partial charge in [0.25, 0.3) is 0 Å². The maximum Gasteiger partial charge on any atom is 0.183 e. The molecule has 1 rings (SSSR count). The quantitative estimate of drug-likeness (QED) is 0.835. The highest BCUT2D eigenvalue weighted by atomic mass is 35.5. The second kappa shape index (κ2) is 4.41. The molecule has 5 heteroatoms. The Balaban J connectivity index is 3.33. The number of sulfone groups is 1. The summed E-state index contributed by atoms with van der Waals surface area (Å²) in [5.41, 5.74) is 5.88. The van der Waals surface area contributed by atoms with Crippen LogP contribution in [0, 0.1) is 0 Å². The average Bonchev–Trinajstić information content (AvgIpc) is 2.20. The number of halogens is 1. The molecule has 1 aromatic rings. The van der Waals surface area contributed by atoms with Crippen LogP contribution in [0.5, 0.6) is 0 Å². The van der Waals surface area contributed by atoms with Crippen molar-refractivity contribution in [1.82, 2.24) is 0 Å². The summed E-state index contributed by atoms with van der Waals surface area (Å²) in [6, 6.07) is 4.49. The van der Waals surface area contributed by atoms with Gasteiger partial charge in [-0.05, 0) is 31.5 Å². The SMILES string of the molecule is CCC(C)S(=O)(=O)c1cc(Cl)ccc1N. The molecule has 2 N–H and O–H groups in total. The summed E-state index contributed by atoms with van der Waals surface area (Å²) in [5.74, 6) is 0. The third kappa shape index (κ3) is 2.44. The van der Waals surface area contributed by atoms with Crippen molar-refractivity contribution in [3.05, 3.63) is 23.2 Å². The zero-order chi connectivity index (χ0) is 11.6. The van der Waals surface area contributed by atoms with Crippen LogP contribution < -0.4 is 5.73 Å². The molecule has 0 aromatic heterocycles. The van der Waals surface area contributed by atoms with Gasteiger partial charge in [-0.25, -0.2) is 8.42 Å². The van der Waals surface area contributed by atoms with Gasteiger partial charge in [0.2, 0.25) is 0 Å². The Hall–Kier alpha value is -0.740. The zero-order valence-corrected chi connectivity index (χ0v) is 10.3. The van der Waals surface area contributed by atoms with Gasteiger partial charge in [0, 0.05) is 5.02 Å². The molecule has 0 amide bonds. The topological polar surface area (TPSA) is 60.2 Å². The number of anilines is 1. The van der Waals surface area contributed by atoms with Crippen molar-refractivity contribution in [3.8, 4) is 0 Å². The summed E-state index contributed by atoms with van der Waals surface area (Å²) in [4.78, 5) is 0.129. The summed E-state index contributed by atoms with van der Waals surface area (Å²) in [6.07, 6.45) is 0.550. The standard InChI is InChI=1S/C10H14ClNO2S/c1-3-7(2)15(13,14)10-6-8(11)4-5-9(10)12/h4-7H,3,12H2,1-2H3. The first kappa shape index (κ1) is 12.3. The third-order valence-corrected chi connectivity index (χ3v) is 4.98. The minimum atomic E-state index is -3.35. The van der Waals surface area contributed by atoms with Gasteiger partial charge in [0.1, 0.15) is 0 Å². The van der Waals surface area contributed by atoms with Crippen LogP contribution in [0.4, 0.5) is 5.69 Å². The van der Waals surface area contributed by atoms with Crippen molar-refractivity contribution >= 4 is 27.1 Å². The lowest BCUT2D eigenvalue weighted by Gasteiger charge is -2.12. The molecule has 0 aliphatic heterocycles. The van der Waals surface area contributed by atoms with Crippen molar-refractivity contribution in [2.45, 2.75) is 30.4 Å². The van der Waals surface area contributed by atoms with Gasteiger partial charge in [0.15, 0.2) is 9.84 Å². The summed E-state index contributed by atoms with van der Waals surface area (Å²) in [5, 5.41) is -0.0654. The van der Waals surface area contributed by atoms with E-state index >= 15 is 0 Å². The zero-order valence-electron chi connectivity index (χ0n) is 8.70. The lowest BCUT2D eigenvalue weighted by atomic mass is 10.3. The van der Waals surface area contributed by atoms with E-state index in [0.717, 1.165) is 0 Å². The Morgan fingerprint density at radius 3 is 2.60 bits per heavy atom. The Morgan fingerprint density at radius 2 is 2.07 bits per heavy atom. The van der Waals surface area contributed by atoms with Crippen molar-refractivity contribution in [2.24, 2.45) is 0 Å². The van der Waals surface area contributed by atoms with E-state index in [-0.39, 0.29) is 10.6 Å². The van der Waals surface area contributed by atoms with Crippen LogP contribution in [0.2, 0.25) is 5.02 Å². The number of hydrogen-bond donors (Lipinski definition) is 1. The van der Waals surface area contributed by atoms with Gasteiger partial charge in [0.05, 0.1) is 15.8 Å². The highest BCUT2D eigenvalue weighted by molar-refractivity contribution is 7.92. The van der Waals surface area contributed by atoms with E-state index in [0.29, 0.717) is 11.4 Å². The molecule has 0 bridgehead atoms. The van der Waals surface area contributed by atoms with Crippen LogP contribution in [0.1, 0.15) is 20.3 Å². The van der Waals surface area contributed by atoms with Crippen LogP contribution in [-0.4, -0.2) is 13.7 Å². The van der Waals surface area contributed by atoms with Gasteiger partial charge >= 0.3 is 0 Å². The highest BCUT2D eigenvalue weighted by Gasteiger charge is 2.24. The molecule has 0 saturated carbocycles. The van der Waals surface area contributed by atoms with E-state index in [1.165, 1.54) is 12.1 Å². The maximum absolute atomic E-state index is 12.0. The Kier molecular flexibility index (Phi) is 3.62. The molecule has 0 aliphatic carbocycles. The third-order valence-electron chi connectivity index (χ3n) is 2.39. The smallest absolute Gasteiger partial charge is 0.183 e. The summed E-state index contributed by atoms with van der Waals surface area (Å²) in [6.45, 7) is 3.48. The maximum atomic E-state index is 12.0. The monoisotopic (exact) mass is 247 g/mol. The summed E-state index contributed by atoms with van der Waals surface area (Å²) < 4.78 is 24.0. The molecular formula is C10H14ClNO2S. The van der Waals surface area contributed by atoms with Crippen molar-refractivity contribution < 1.29 is 8.42 Å². The average molecular weight is 248 g/mol. The van der Waals surface area contributed by atoms with E-state index in [1.807, 2.05) is 6.92 Å².